The summed E-state index contributed by atoms with van der Waals surface area (Å²) in [4.78, 5) is 83.0. The molecular weight excluding hydrogens is 817 g/mol. The number of nitrogens with two attached hydrogens (primary N) is 1. The number of rotatable bonds is 23. The van der Waals surface area contributed by atoms with Gasteiger partial charge in [0.15, 0.2) is 11.5 Å². The van der Waals surface area contributed by atoms with E-state index in [0.29, 0.717) is 93.6 Å². The van der Waals surface area contributed by atoms with Gasteiger partial charge in [-0.2, -0.15) is 0 Å². The molecule has 2 aliphatic rings. The zero-order chi connectivity index (χ0) is 44.1. The molecule has 330 valence electrons. The third-order valence-electron chi connectivity index (χ3n) is 10.0. The number of anilines is 5. The molecule has 7 rings (SSSR count). The molecule has 6 N–H and O–H groups in total. The smallest absolute Gasteiger partial charge is 0.264 e. The molecule has 5 amide bonds. The van der Waals surface area contributed by atoms with Gasteiger partial charge in [0.05, 0.1) is 69.8 Å². The molecule has 0 spiro atoms. The molecule has 0 bridgehead atoms. The van der Waals surface area contributed by atoms with E-state index >= 15 is 0 Å². The maximum atomic E-state index is 13.2. The summed E-state index contributed by atoms with van der Waals surface area (Å²) < 4.78 is 23.9. The second kappa shape index (κ2) is 21.1. The fourth-order valence-corrected chi connectivity index (χ4v) is 6.87. The van der Waals surface area contributed by atoms with Crippen molar-refractivity contribution in [1.29, 1.82) is 0 Å². The van der Waals surface area contributed by atoms with Crippen LogP contribution in [0.25, 0.3) is 17.0 Å². The number of nitrogens with zero attached hydrogens (tertiary/aromatic N) is 7. The highest BCUT2D eigenvalue weighted by molar-refractivity contribution is 6.25. The quantitative estimate of drug-likeness (QED) is 0.0462. The van der Waals surface area contributed by atoms with Gasteiger partial charge in [-0.3, -0.25) is 39.2 Å². The average molecular weight is 865 g/mol. The maximum absolute atomic E-state index is 13.2. The molecule has 3 aromatic heterocycles. The van der Waals surface area contributed by atoms with Gasteiger partial charge in [-0.25, -0.2) is 15.0 Å². The van der Waals surface area contributed by atoms with Gasteiger partial charge >= 0.3 is 0 Å². The first kappa shape index (κ1) is 44.0. The molecule has 1 unspecified atom stereocenters. The van der Waals surface area contributed by atoms with Crippen molar-refractivity contribution in [3.8, 4) is 11.4 Å². The number of likely N-dealkylation sites (N-methyl/N-ethyl adjacent to an activating group) is 1. The summed E-state index contributed by atoms with van der Waals surface area (Å²) in [5.74, 6) is -1.59. The number of benzene rings is 2. The van der Waals surface area contributed by atoms with Gasteiger partial charge in [0.25, 0.3) is 11.8 Å². The van der Waals surface area contributed by atoms with Crippen molar-refractivity contribution in [1.82, 2.24) is 39.9 Å². The maximum Gasteiger partial charge on any atom is 0.264 e. The number of ether oxygens (including phenoxy) is 4. The second-order valence-corrected chi connectivity index (χ2v) is 14.4. The molecule has 2 aliphatic heterocycles. The summed E-state index contributed by atoms with van der Waals surface area (Å²) in [6.07, 6.45) is 8.57. The van der Waals surface area contributed by atoms with Crippen LogP contribution in [0.3, 0.4) is 0 Å². The van der Waals surface area contributed by atoms with Crippen molar-refractivity contribution >= 4 is 63.9 Å². The molecule has 1 fully saturated rings. The van der Waals surface area contributed by atoms with Crippen molar-refractivity contribution in [2.45, 2.75) is 18.9 Å². The molecule has 21 nitrogen and oxygen atoms in total. The predicted octanol–water partition coefficient (Wildman–Crippen LogP) is 1.64. The first-order chi connectivity index (χ1) is 30.7. The minimum absolute atomic E-state index is 0.0536. The van der Waals surface area contributed by atoms with Crippen LogP contribution in [0.15, 0.2) is 73.4 Å². The summed E-state index contributed by atoms with van der Waals surface area (Å²) in [6, 6.07) is 11.7. The molecule has 0 saturated carbocycles. The first-order valence-corrected chi connectivity index (χ1v) is 20.3. The van der Waals surface area contributed by atoms with Gasteiger partial charge in [-0.15, -0.1) is 0 Å². The van der Waals surface area contributed by atoms with Crippen LogP contribution in [0.4, 0.5) is 28.7 Å². The number of amides is 5. The highest BCUT2D eigenvalue weighted by Gasteiger charge is 2.45. The number of hydrogen-bond donors (Lipinski definition) is 5. The molecule has 21 heteroatoms. The van der Waals surface area contributed by atoms with Gasteiger partial charge in [-0.1, -0.05) is 6.07 Å². The summed E-state index contributed by atoms with van der Waals surface area (Å²) in [7, 11) is 1.94. The molecular formula is C42H48N12O9. The molecule has 0 aliphatic carbocycles. The Kier molecular flexibility index (Phi) is 14.8. The lowest BCUT2D eigenvalue weighted by atomic mass is 10.0. The lowest BCUT2D eigenvalue weighted by Gasteiger charge is -2.27. The first-order valence-electron chi connectivity index (χ1n) is 20.3. The van der Waals surface area contributed by atoms with Crippen molar-refractivity contribution in [3.63, 3.8) is 0 Å². The van der Waals surface area contributed by atoms with Crippen molar-refractivity contribution in [2.75, 3.05) is 101 Å². The fourth-order valence-electron chi connectivity index (χ4n) is 6.87. The van der Waals surface area contributed by atoms with Crippen LogP contribution in [-0.4, -0.2) is 144 Å². The molecule has 1 atom stereocenters. The average Bonchev–Trinajstić information content (AvgIpc) is 3.86. The Balaban J connectivity index is 0.697. The summed E-state index contributed by atoms with van der Waals surface area (Å²) in [5, 5.41) is 11.5. The van der Waals surface area contributed by atoms with Gasteiger partial charge in [0.2, 0.25) is 17.7 Å². The molecule has 63 heavy (non-hydrogen) atoms. The Bertz CT molecular complexity index is 2430. The van der Waals surface area contributed by atoms with Gasteiger partial charge < -0.3 is 49.9 Å². The largest absolute Gasteiger partial charge is 0.382 e. The molecule has 0 radical (unpaired) electrons. The van der Waals surface area contributed by atoms with E-state index in [0.717, 1.165) is 16.3 Å². The van der Waals surface area contributed by atoms with Crippen molar-refractivity contribution < 1.29 is 42.9 Å². The van der Waals surface area contributed by atoms with E-state index in [-0.39, 0.29) is 43.1 Å². The second-order valence-electron chi connectivity index (χ2n) is 14.4. The number of imidazole rings is 1. The molecule has 5 aromatic rings. The Morgan fingerprint density at radius 2 is 1.63 bits per heavy atom. The van der Waals surface area contributed by atoms with E-state index in [1.54, 1.807) is 30.6 Å². The number of hydrogen-bond acceptors (Lipinski definition) is 17. The van der Waals surface area contributed by atoms with Gasteiger partial charge in [0.1, 0.15) is 29.9 Å². The standard InChI is InChI=1S/C42H48N12O9/c1-52(28-7-5-27(6-8-28)48-38-39-47-12-15-53(39)25-32(50-38)31-23-44-24-34(43)49-31)14-11-46-36(56)26-63-22-21-62-20-19-61-18-17-60-16-13-45-30-4-2-3-29-37(30)42(59)54(41(29)58)33-9-10-35(55)51-40(33)57/h2-8,12,15,23-25,33,45H,9-11,13-14,16-22,26H2,1H3,(H2,43,49)(H,46,56)(H,48,50)(H,51,55,57). The Morgan fingerprint density at radius 3 is 2.38 bits per heavy atom. The normalized spacial score (nSPS) is 14.8. The third kappa shape index (κ3) is 11.3. The SMILES string of the molecule is CN(CCNC(=O)COCCOCCOCCOCCNc1cccc2c1C(=O)N(C1CCC(=O)NC1=O)C2=O)c1ccc(Nc2nc(-c3cncc(N)n3)cn3ccnc23)cc1. The van der Waals surface area contributed by atoms with E-state index in [9.17, 15) is 24.0 Å². The number of imide groups is 2. The number of nitrogens with one attached hydrogen (secondary N) is 4. The van der Waals surface area contributed by atoms with Crippen LogP contribution >= 0.6 is 0 Å². The van der Waals surface area contributed by atoms with Crippen LogP contribution in [0.1, 0.15) is 33.6 Å². The number of carbonyl (C=O) groups excluding carboxylic acids is 5. The Morgan fingerprint density at radius 1 is 0.889 bits per heavy atom. The van der Waals surface area contributed by atoms with E-state index in [1.807, 2.05) is 53.0 Å². The topological polar surface area (TPSA) is 259 Å². The van der Waals surface area contributed by atoms with Crippen LogP contribution in [0, 0.1) is 0 Å². The highest BCUT2D eigenvalue weighted by Crippen LogP contribution is 2.32. The van der Waals surface area contributed by atoms with Crippen molar-refractivity contribution in [3.05, 3.63) is 84.6 Å². The zero-order valence-electron chi connectivity index (χ0n) is 34.6. The van der Waals surface area contributed by atoms with E-state index in [4.69, 9.17) is 29.7 Å². The molecule has 5 heterocycles. The summed E-state index contributed by atoms with van der Waals surface area (Å²) in [6.45, 7) is 3.54. The van der Waals surface area contributed by atoms with Gasteiger partial charge in [-0.05, 0) is 42.8 Å². The number of piperidine rings is 1. The Labute approximate surface area is 361 Å². The zero-order valence-corrected chi connectivity index (χ0v) is 34.6. The number of nitrogen functional groups attached to an aromatic ring is 1. The predicted molar refractivity (Wildman–Crippen MR) is 229 cm³/mol. The number of aromatic nitrogens is 5. The number of carbonyl (C=O) groups is 5. The van der Waals surface area contributed by atoms with Gasteiger partial charge in [0, 0.05) is 68.8 Å². The van der Waals surface area contributed by atoms with E-state index in [1.165, 1.54) is 6.20 Å². The van der Waals surface area contributed by atoms with E-state index in [2.05, 4.69) is 36.2 Å². The van der Waals surface area contributed by atoms with Crippen LogP contribution in [0.2, 0.25) is 0 Å². The van der Waals surface area contributed by atoms with Crippen molar-refractivity contribution in [2.24, 2.45) is 0 Å². The summed E-state index contributed by atoms with van der Waals surface area (Å²) in [5.41, 5.74) is 10.3. The third-order valence-corrected chi connectivity index (χ3v) is 10.0. The highest BCUT2D eigenvalue weighted by atomic mass is 16.6. The lowest BCUT2D eigenvalue weighted by molar-refractivity contribution is -0.136. The molecule has 2 aromatic carbocycles. The van der Waals surface area contributed by atoms with Crippen LogP contribution in [0.5, 0.6) is 0 Å². The molecule has 1 saturated heterocycles. The van der Waals surface area contributed by atoms with Crippen LogP contribution in [-0.2, 0) is 33.3 Å². The fraction of sp³-hybridized carbons (Fsp3) is 0.357. The van der Waals surface area contributed by atoms with E-state index < -0.39 is 29.7 Å². The van der Waals surface area contributed by atoms with Crippen LogP contribution < -0.4 is 31.9 Å². The Hall–Kier alpha value is -7.07. The number of fused-ring (bicyclic) bond motifs is 2. The minimum Gasteiger partial charge on any atom is -0.382 e. The minimum atomic E-state index is -1.03. The summed E-state index contributed by atoms with van der Waals surface area (Å²) >= 11 is 0. The lowest BCUT2D eigenvalue weighted by Crippen LogP contribution is -2.54. The monoisotopic (exact) mass is 864 g/mol.